The Morgan fingerprint density at radius 2 is 1.65 bits per heavy atom. The van der Waals surface area contributed by atoms with Crippen LogP contribution in [0.5, 0.6) is 17.2 Å². The number of methoxy groups -OCH3 is 2. The largest absolute Gasteiger partial charge is 0.494 e. The van der Waals surface area contributed by atoms with Crippen molar-refractivity contribution in [2.24, 2.45) is 9.98 Å². The van der Waals surface area contributed by atoms with Gasteiger partial charge < -0.3 is 29.3 Å². The standard InChI is InChI=1S/C27H38F2N8O3/c1-30-27(37-9-5-19(6-10-37)36-13-11-35(2)12-14-36)32-8-7-31-26-33-16-20(17-34-26)40-18-21-24(28)22(38-3)15-23(39-4)25(21)29/h8,15-17,19H,5-7,9-14,18H2,1-4H3,(H,31,33,34)/b30-27+,32-8-. The minimum Gasteiger partial charge on any atom is -0.494 e. The van der Waals surface area contributed by atoms with Crippen LogP contribution in [0.2, 0.25) is 0 Å². The summed E-state index contributed by atoms with van der Waals surface area (Å²) in [5.41, 5.74) is -0.313. The Morgan fingerprint density at radius 3 is 2.23 bits per heavy atom. The Hall–Kier alpha value is -3.58. The van der Waals surface area contributed by atoms with E-state index in [1.54, 1.807) is 13.3 Å². The summed E-state index contributed by atoms with van der Waals surface area (Å²) in [6.07, 6.45) is 6.81. The first-order chi connectivity index (χ1) is 19.4. The van der Waals surface area contributed by atoms with Gasteiger partial charge in [0.1, 0.15) is 6.61 Å². The van der Waals surface area contributed by atoms with E-state index in [4.69, 9.17) is 14.2 Å². The first-order valence-electron chi connectivity index (χ1n) is 13.4. The molecular formula is C27H38F2N8O3. The lowest BCUT2D eigenvalue weighted by atomic mass is 10.0. The summed E-state index contributed by atoms with van der Waals surface area (Å²) in [5, 5.41) is 3.07. The van der Waals surface area contributed by atoms with Crippen LogP contribution < -0.4 is 19.5 Å². The maximum Gasteiger partial charge on any atom is 0.223 e. The van der Waals surface area contributed by atoms with Gasteiger partial charge in [-0.2, -0.15) is 0 Å². The van der Waals surface area contributed by atoms with Crippen LogP contribution in [-0.2, 0) is 6.61 Å². The molecule has 0 spiro atoms. The van der Waals surface area contributed by atoms with Gasteiger partial charge >= 0.3 is 0 Å². The lowest BCUT2D eigenvalue weighted by molar-refractivity contribution is 0.0816. The molecule has 0 atom stereocenters. The van der Waals surface area contributed by atoms with Crippen LogP contribution in [0.15, 0.2) is 28.4 Å². The summed E-state index contributed by atoms with van der Waals surface area (Å²) >= 11 is 0. The number of likely N-dealkylation sites (N-methyl/N-ethyl adjacent to an activating group) is 1. The molecule has 2 aliphatic heterocycles. The number of nitrogens with zero attached hydrogens (tertiary/aromatic N) is 7. The first-order valence-corrected chi connectivity index (χ1v) is 13.4. The summed E-state index contributed by atoms with van der Waals surface area (Å²) in [5.74, 6) is -0.650. The summed E-state index contributed by atoms with van der Waals surface area (Å²) in [6, 6.07) is 1.78. The molecule has 2 aromatic rings. The summed E-state index contributed by atoms with van der Waals surface area (Å²) < 4.78 is 44.5. The molecule has 2 aliphatic rings. The molecule has 0 bridgehead atoms. The van der Waals surface area contributed by atoms with Crippen LogP contribution in [0.1, 0.15) is 18.4 Å². The molecule has 13 heteroatoms. The van der Waals surface area contributed by atoms with Gasteiger partial charge in [0.15, 0.2) is 28.9 Å². The van der Waals surface area contributed by atoms with Gasteiger partial charge in [0.2, 0.25) is 11.9 Å². The highest BCUT2D eigenvalue weighted by molar-refractivity contribution is 5.88. The highest BCUT2D eigenvalue weighted by Gasteiger charge is 2.27. The van der Waals surface area contributed by atoms with Crippen molar-refractivity contribution in [3.05, 3.63) is 35.7 Å². The van der Waals surface area contributed by atoms with Crippen LogP contribution >= 0.6 is 0 Å². The van der Waals surface area contributed by atoms with E-state index in [-0.39, 0.29) is 29.4 Å². The normalized spacial score (nSPS) is 17.9. The smallest absolute Gasteiger partial charge is 0.223 e. The highest BCUT2D eigenvalue weighted by Crippen LogP contribution is 2.32. The number of hydrogen-bond donors (Lipinski definition) is 1. The van der Waals surface area contributed by atoms with E-state index in [1.165, 1.54) is 26.6 Å². The number of halogens is 2. The van der Waals surface area contributed by atoms with Gasteiger partial charge in [0.05, 0.1) is 38.7 Å². The van der Waals surface area contributed by atoms with Gasteiger partial charge in [-0.1, -0.05) is 0 Å². The van der Waals surface area contributed by atoms with E-state index in [0.29, 0.717) is 18.5 Å². The molecule has 0 unspecified atom stereocenters. The zero-order valence-electron chi connectivity index (χ0n) is 23.6. The Balaban J connectivity index is 1.22. The van der Waals surface area contributed by atoms with E-state index in [0.717, 1.165) is 64.1 Å². The maximum atomic E-state index is 14.5. The number of aromatic nitrogens is 2. The van der Waals surface area contributed by atoms with Gasteiger partial charge in [0.25, 0.3) is 0 Å². The van der Waals surface area contributed by atoms with Crippen LogP contribution in [0.25, 0.3) is 0 Å². The van der Waals surface area contributed by atoms with E-state index < -0.39 is 11.6 Å². The monoisotopic (exact) mass is 560 g/mol. The number of rotatable bonds is 9. The van der Waals surface area contributed by atoms with Gasteiger partial charge in [0, 0.05) is 64.6 Å². The van der Waals surface area contributed by atoms with Crippen molar-refractivity contribution in [3.63, 3.8) is 0 Å². The van der Waals surface area contributed by atoms with Crippen molar-refractivity contribution in [1.82, 2.24) is 24.7 Å². The third-order valence-electron chi connectivity index (χ3n) is 7.24. The summed E-state index contributed by atoms with van der Waals surface area (Å²) in [6.45, 7) is 6.45. The van der Waals surface area contributed by atoms with Crippen LogP contribution in [0.3, 0.4) is 0 Å². The quantitative estimate of drug-likeness (QED) is 0.366. The van der Waals surface area contributed by atoms with Crippen LogP contribution in [0.4, 0.5) is 14.7 Å². The van der Waals surface area contributed by atoms with Crippen molar-refractivity contribution < 1.29 is 23.0 Å². The third-order valence-corrected chi connectivity index (χ3v) is 7.24. The third kappa shape index (κ3) is 7.33. The number of likely N-dealkylation sites (tertiary alicyclic amines) is 1. The van der Waals surface area contributed by atoms with Gasteiger partial charge in [-0.05, 0) is 19.9 Å². The molecule has 3 heterocycles. The molecule has 2 saturated heterocycles. The van der Waals surface area contributed by atoms with Gasteiger partial charge in [-0.25, -0.2) is 23.7 Å². The van der Waals surface area contributed by atoms with E-state index in [9.17, 15) is 8.78 Å². The molecule has 1 aromatic heterocycles. The Labute approximate surface area is 233 Å². The van der Waals surface area contributed by atoms with Crippen molar-refractivity contribution in [2.75, 3.05) is 79.4 Å². The number of guanidine groups is 1. The van der Waals surface area contributed by atoms with E-state index >= 15 is 0 Å². The number of anilines is 1. The van der Waals surface area contributed by atoms with E-state index in [1.807, 2.05) is 0 Å². The fourth-order valence-corrected chi connectivity index (χ4v) is 4.86. The predicted molar refractivity (Wildman–Crippen MR) is 150 cm³/mol. The number of piperazine rings is 1. The molecule has 0 aliphatic carbocycles. The number of hydrogen-bond acceptors (Lipinski definition) is 9. The van der Waals surface area contributed by atoms with Crippen molar-refractivity contribution in [2.45, 2.75) is 25.5 Å². The Kier molecular flexibility index (Phi) is 10.4. The maximum absolute atomic E-state index is 14.5. The first kappa shape index (κ1) is 29.4. The summed E-state index contributed by atoms with van der Waals surface area (Å²) in [4.78, 5) is 24.5. The molecule has 11 nitrogen and oxygen atoms in total. The molecule has 2 fully saturated rings. The fourth-order valence-electron chi connectivity index (χ4n) is 4.86. The molecule has 0 amide bonds. The van der Waals surface area contributed by atoms with Gasteiger partial charge in [-0.15, -0.1) is 0 Å². The Bertz CT molecular complexity index is 1140. The zero-order valence-corrected chi connectivity index (χ0v) is 23.6. The second-order valence-corrected chi connectivity index (χ2v) is 9.69. The van der Waals surface area contributed by atoms with Crippen LogP contribution in [0, 0.1) is 11.6 Å². The summed E-state index contributed by atoms with van der Waals surface area (Å²) in [7, 11) is 6.52. The molecule has 218 valence electrons. The zero-order chi connectivity index (χ0) is 28.5. The highest BCUT2D eigenvalue weighted by atomic mass is 19.1. The number of nitrogens with one attached hydrogen (secondary N) is 1. The topological polar surface area (TPSA) is 99.9 Å². The second-order valence-electron chi connectivity index (χ2n) is 9.69. The van der Waals surface area contributed by atoms with Crippen molar-refractivity contribution >= 4 is 18.1 Å². The minimum atomic E-state index is -0.853. The fraction of sp³-hybridized carbons (Fsp3) is 0.556. The number of piperidine rings is 1. The molecule has 1 N–H and O–H groups in total. The van der Waals surface area contributed by atoms with Crippen LogP contribution in [-0.4, -0.2) is 117 Å². The molecule has 1 aromatic carbocycles. The average molecular weight is 561 g/mol. The average Bonchev–Trinajstić information content (AvgIpc) is 2.98. The molecular weight excluding hydrogens is 522 g/mol. The SMILES string of the molecule is C/N=C(\N=C/CNc1ncc(OCc2c(F)c(OC)cc(OC)c2F)cn1)N1CCC(N2CCN(C)CC2)CC1. The molecule has 0 radical (unpaired) electrons. The van der Waals surface area contributed by atoms with Gasteiger partial charge in [-0.3, -0.25) is 9.89 Å². The van der Waals surface area contributed by atoms with Crippen molar-refractivity contribution in [1.29, 1.82) is 0 Å². The number of aliphatic imine (C=N–C) groups is 2. The lowest BCUT2D eigenvalue weighted by Gasteiger charge is -2.42. The molecule has 40 heavy (non-hydrogen) atoms. The number of benzene rings is 1. The van der Waals surface area contributed by atoms with E-state index in [2.05, 4.69) is 47.0 Å². The van der Waals surface area contributed by atoms with Crippen molar-refractivity contribution in [3.8, 4) is 17.2 Å². The molecule has 4 rings (SSSR count). The lowest BCUT2D eigenvalue weighted by Crippen LogP contribution is -2.52. The molecule has 0 saturated carbocycles. The Morgan fingerprint density at radius 1 is 1.02 bits per heavy atom. The second kappa shape index (κ2) is 14.2. The number of ether oxygens (including phenoxy) is 3. The minimum absolute atomic E-state index is 0.138. The predicted octanol–water partition coefficient (Wildman–Crippen LogP) is 2.53.